The number of furan rings is 1. The summed E-state index contributed by atoms with van der Waals surface area (Å²) in [5.41, 5.74) is 1.49. The smallest absolute Gasteiger partial charge is 0.289 e. The van der Waals surface area contributed by atoms with Crippen LogP contribution in [0.1, 0.15) is 21.7 Å². The van der Waals surface area contributed by atoms with Crippen LogP contribution in [0.15, 0.2) is 45.5 Å². The number of hydrogen-bond acceptors (Lipinski definition) is 3. The SMILES string of the molecule is CN(Cc1cccc(C#N)c1)C(=O)c1ccc(Br)o1. The number of carbonyl (C=O) groups is 1. The maximum Gasteiger partial charge on any atom is 0.289 e. The van der Waals surface area contributed by atoms with Crippen LogP contribution in [-0.2, 0) is 6.54 Å². The van der Waals surface area contributed by atoms with Crippen molar-refractivity contribution in [1.82, 2.24) is 4.90 Å². The zero-order valence-corrected chi connectivity index (χ0v) is 11.8. The molecule has 0 N–H and O–H groups in total. The number of nitriles is 1. The van der Waals surface area contributed by atoms with E-state index < -0.39 is 0 Å². The van der Waals surface area contributed by atoms with Gasteiger partial charge >= 0.3 is 0 Å². The molecule has 1 heterocycles. The molecule has 0 aliphatic rings. The highest BCUT2D eigenvalue weighted by molar-refractivity contribution is 9.10. The van der Waals surface area contributed by atoms with Crippen LogP contribution in [-0.4, -0.2) is 17.9 Å². The average molecular weight is 319 g/mol. The van der Waals surface area contributed by atoms with Gasteiger partial charge in [-0.1, -0.05) is 12.1 Å². The van der Waals surface area contributed by atoms with Gasteiger partial charge in [-0.2, -0.15) is 5.26 Å². The second-order valence-corrected chi connectivity index (χ2v) is 4.86. The number of benzene rings is 1. The molecular formula is C14H11BrN2O2. The van der Waals surface area contributed by atoms with Gasteiger partial charge in [-0.05, 0) is 45.8 Å². The van der Waals surface area contributed by atoms with E-state index >= 15 is 0 Å². The lowest BCUT2D eigenvalue weighted by molar-refractivity contribution is 0.0752. The van der Waals surface area contributed by atoms with Gasteiger partial charge in [-0.15, -0.1) is 0 Å². The molecule has 0 radical (unpaired) electrons. The van der Waals surface area contributed by atoms with E-state index in [4.69, 9.17) is 9.68 Å². The summed E-state index contributed by atoms with van der Waals surface area (Å²) in [6.45, 7) is 0.423. The molecule has 0 saturated carbocycles. The number of carbonyl (C=O) groups excluding carboxylic acids is 1. The van der Waals surface area contributed by atoms with Crippen molar-refractivity contribution in [3.8, 4) is 6.07 Å². The molecule has 0 saturated heterocycles. The Balaban J connectivity index is 2.10. The van der Waals surface area contributed by atoms with E-state index in [-0.39, 0.29) is 11.7 Å². The van der Waals surface area contributed by atoms with Crippen molar-refractivity contribution in [1.29, 1.82) is 5.26 Å². The Morgan fingerprint density at radius 2 is 2.21 bits per heavy atom. The minimum absolute atomic E-state index is 0.201. The normalized spacial score (nSPS) is 9.95. The highest BCUT2D eigenvalue weighted by Crippen LogP contribution is 2.16. The van der Waals surface area contributed by atoms with Crippen LogP contribution >= 0.6 is 15.9 Å². The first-order chi connectivity index (χ1) is 9.10. The number of rotatable bonds is 3. The van der Waals surface area contributed by atoms with Gasteiger partial charge in [-0.25, -0.2) is 0 Å². The van der Waals surface area contributed by atoms with Gasteiger partial charge in [0.05, 0.1) is 11.6 Å². The molecule has 0 aliphatic heterocycles. The maximum atomic E-state index is 12.1. The van der Waals surface area contributed by atoms with Gasteiger partial charge in [0.2, 0.25) is 0 Å². The molecule has 19 heavy (non-hydrogen) atoms. The van der Waals surface area contributed by atoms with Crippen molar-refractivity contribution >= 4 is 21.8 Å². The fraction of sp³-hybridized carbons (Fsp3) is 0.143. The van der Waals surface area contributed by atoms with E-state index in [0.717, 1.165) is 5.56 Å². The minimum Gasteiger partial charge on any atom is -0.444 e. The summed E-state index contributed by atoms with van der Waals surface area (Å²) in [5.74, 6) is 0.0823. The van der Waals surface area contributed by atoms with E-state index in [2.05, 4.69) is 22.0 Å². The van der Waals surface area contributed by atoms with Crippen LogP contribution < -0.4 is 0 Å². The molecule has 4 nitrogen and oxygen atoms in total. The van der Waals surface area contributed by atoms with Crippen molar-refractivity contribution in [2.45, 2.75) is 6.54 Å². The number of hydrogen-bond donors (Lipinski definition) is 0. The van der Waals surface area contributed by atoms with Gasteiger partial charge in [0.1, 0.15) is 0 Å². The van der Waals surface area contributed by atoms with Gasteiger partial charge in [0.25, 0.3) is 5.91 Å². The van der Waals surface area contributed by atoms with Crippen LogP contribution in [0.2, 0.25) is 0 Å². The van der Waals surface area contributed by atoms with Crippen LogP contribution in [0, 0.1) is 11.3 Å². The lowest BCUT2D eigenvalue weighted by Crippen LogP contribution is -2.25. The van der Waals surface area contributed by atoms with Crippen molar-refractivity contribution in [2.24, 2.45) is 0 Å². The molecule has 0 aliphatic carbocycles. The summed E-state index contributed by atoms with van der Waals surface area (Å²) < 4.78 is 5.75. The van der Waals surface area contributed by atoms with Crippen LogP contribution in [0.5, 0.6) is 0 Å². The molecule has 2 rings (SSSR count). The summed E-state index contributed by atoms with van der Waals surface area (Å²) in [6, 6.07) is 12.6. The van der Waals surface area contributed by atoms with Gasteiger partial charge in [0, 0.05) is 13.6 Å². The number of halogens is 1. The molecule has 0 fully saturated rings. The van der Waals surface area contributed by atoms with Gasteiger partial charge in [0.15, 0.2) is 10.4 Å². The number of nitrogens with zero attached hydrogens (tertiary/aromatic N) is 2. The van der Waals surface area contributed by atoms with Crippen molar-refractivity contribution < 1.29 is 9.21 Å². The van der Waals surface area contributed by atoms with E-state index in [1.54, 1.807) is 42.3 Å². The zero-order valence-electron chi connectivity index (χ0n) is 10.3. The second kappa shape index (κ2) is 5.72. The highest BCUT2D eigenvalue weighted by atomic mass is 79.9. The van der Waals surface area contributed by atoms with E-state index in [0.29, 0.717) is 16.8 Å². The second-order valence-electron chi connectivity index (χ2n) is 4.08. The molecule has 2 aromatic rings. The number of amides is 1. The third kappa shape index (κ3) is 3.24. The minimum atomic E-state index is -0.201. The van der Waals surface area contributed by atoms with Crippen molar-refractivity contribution in [3.05, 3.63) is 58.0 Å². The summed E-state index contributed by atoms with van der Waals surface area (Å²) in [6.07, 6.45) is 0. The molecule has 1 amide bonds. The van der Waals surface area contributed by atoms with Crippen LogP contribution in [0.4, 0.5) is 0 Å². The predicted octanol–water partition coefficient (Wildman–Crippen LogP) is 3.19. The Morgan fingerprint density at radius 3 is 2.84 bits per heavy atom. The molecule has 5 heteroatoms. The molecule has 0 atom stereocenters. The molecule has 96 valence electrons. The highest BCUT2D eigenvalue weighted by Gasteiger charge is 2.15. The van der Waals surface area contributed by atoms with E-state index in [1.165, 1.54) is 0 Å². The first kappa shape index (κ1) is 13.4. The maximum absolute atomic E-state index is 12.1. The largest absolute Gasteiger partial charge is 0.444 e. The fourth-order valence-electron chi connectivity index (χ4n) is 1.70. The van der Waals surface area contributed by atoms with Gasteiger partial charge < -0.3 is 9.32 Å². The van der Waals surface area contributed by atoms with Crippen LogP contribution in [0.25, 0.3) is 0 Å². The van der Waals surface area contributed by atoms with Crippen molar-refractivity contribution in [3.63, 3.8) is 0 Å². The Hall–Kier alpha value is -2.06. The summed E-state index contributed by atoms with van der Waals surface area (Å²) >= 11 is 3.16. The third-order valence-corrected chi connectivity index (χ3v) is 3.03. The summed E-state index contributed by atoms with van der Waals surface area (Å²) in [7, 11) is 1.69. The molecular weight excluding hydrogens is 308 g/mol. The lowest BCUT2D eigenvalue weighted by atomic mass is 10.1. The molecule has 0 spiro atoms. The van der Waals surface area contributed by atoms with Crippen molar-refractivity contribution in [2.75, 3.05) is 7.05 Å². The standard InChI is InChI=1S/C14H11BrN2O2/c1-17(14(18)12-5-6-13(15)19-12)9-11-4-2-3-10(7-11)8-16/h2-7H,9H2,1H3. The third-order valence-electron chi connectivity index (χ3n) is 2.61. The van der Waals surface area contributed by atoms with Crippen LogP contribution in [0.3, 0.4) is 0 Å². The predicted molar refractivity (Wildman–Crippen MR) is 73.4 cm³/mol. The molecule has 1 aromatic heterocycles. The first-order valence-electron chi connectivity index (χ1n) is 5.60. The quantitative estimate of drug-likeness (QED) is 0.873. The summed E-state index contributed by atoms with van der Waals surface area (Å²) in [4.78, 5) is 13.6. The Labute approximate surface area is 119 Å². The Kier molecular flexibility index (Phi) is 4.03. The molecule has 0 bridgehead atoms. The summed E-state index contributed by atoms with van der Waals surface area (Å²) in [5, 5.41) is 8.84. The monoisotopic (exact) mass is 318 g/mol. The average Bonchev–Trinajstić information content (AvgIpc) is 2.84. The Bertz CT molecular complexity index is 643. The molecule has 1 aromatic carbocycles. The lowest BCUT2D eigenvalue weighted by Gasteiger charge is -2.15. The topological polar surface area (TPSA) is 57.2 Å². The van der Waals surface area contributed by atoms with Gasteiger partial charge in [-0.3, -0.25) is 4.79 Å². The zero-order chi connectivity index (χ0) is 13.8. The van der Waals surface area contributed by atoms with E-state index in [1.807, 2.05) is 6.07 Å². The molecule has 0 unspecified atom stereocenters. The van der Waals surface area contributed by atoms with E-state index in [9.17, 15) is 4.79 Å². The Morgan fingerprint density at radius 1 is 1.42 bits per heavy atom. The first-order valence-corrected chi connectivity index (χ1v) is 6.39. The fourth-order valence-corrected chi connectivity index (χ4v) is 2.01.